The fraction of sp³-hybridized carbons (Fsp3) is 0.200. The number of aromatic nitrogens is 4. The van der Waals surface area contributed by atoms with Crippen molar-refractivity contribution in [2.45, 2.75) is 26.9 Å². The first-order valence-corrected chi connectivity index (χ1v) is 12.2. The van der Waals surface area contributed by atoms with Gasteiger partial charge in [0.25, 0.3) is 11.8 Å². The second kappa shape index (κ2) is 9.63. The van der Waals surface area contributed by atoms with Crippen molar-refractivity contribution < 1.29 is 14.3 Å². The van der Waals surface area contributed by atoms with E-state index in [1.165, 1.54) is 30.8 Å². The molecule has 0 radical (unpaired) electrons. The summed E-state index contributed by atoms with van der Waals surface area (Å²) in [7, 11) is 1.53. The van der Waals surface area contributed by atoms with Gasteiger partial charge in [-0.05, 0) is 38.1 Å². The molecule has 0 aliphatic carbocycles. The van der Waals surface area contributed by atoms with Gasteiger partial charge in [0.2, 0.25) is 0 Å². The third kappa shape index (κ3) is 4.65. The third-order valence-corrected chi connectivity index (χ3v) is 6.94. The predicted molar refractivity (Wildman–Crippen MR) is 136 cm³/mol. The fourth-order valence-electron chi connectivity index (χ4n) is 4.02. The van der Waals surface area contributed by atoms with E-state index in [2.05, 4.69) is 25.3 Å². The maximum atomic E-state index is 13.3. The van der Waals surface area contributed by atoms with E-state index >= 15 is 0 Å². The van der Waals surface area contributed by atoms with Gasteiger partial charge in [-0.2, -0.15) is 0 Å². The van der Waals surface area contributed by atoms with Crippen molar-refractivity contribution in [3.63, 3.8) is 0 Å². The second-order valence-electron chi connectivity index (χ2n) is 8.27. The molecule has 9 nitrogen and oxygen atoms in total. The average Bonchev–Trinajstić information content (AvgIpc) is 3.42. The van der Waals surface area contributed by atoms with Crippen LogP contribution >= 0.6 is 22.9 Å². The number of aryl methyl sites for hydroxylation is 2. The summed E-state index contributed by atoms with van der Waals surface area (Å²) in [4.78, 5) is 45.9. The Morgan fingerprint density at radius 2 is 1.86 bits per heavy atom. The number of fused-ring (bicyclic) bond motifs is 1. The number of hydrogen-bond donors (Lipinski definition) is 1. The molecule has 0 unspecified atom stereocenters. The van der Waals surface area contributed by atoms with E-state index in [4.69, 9.17) is 16.3 Å². The van der Waals surface area contributed by atoms with E-state index in [1.807, 2.05) is 13.8 Å². The van der Waals surface area contributed by atoms with Crippen LogP contribution in [0.15, 0.2) is 42.9 Å². The van der Waals surface area contributed by atoms with Crippen LogP contribution in [0.25, 0.3) is 11.1 Å². The number of halogens is 1. The molecule has 0 saturated carbocycles. The van der Waals surface area contributed by atoms with Gasteiger partial charge in [-0.15, -0.1) is 0 Å². The summed E-state index contributed by atoms with van der Waals surface area (Å²) in [5.74, 6) is 0.0538. The molecule has 1 aliphatic rings. The van der Waals surface area contributed by atoms with E-state index in [-0.39, 0.29) is 17.0 Å². The molecule has 4 aromatic heterocycles. The Hall–Kier alpha value is -3.89. The van der Waals surface area contributed by atoms with Crippen molar-refractivity contribution in [3.8, 4) is 16.9 Å². The van der Waals surface area contributed by atoms with E-state index in [0.29, 0.717) is 46.2 Å². The lowest BCUT2D eigenvalue weighted by Crippen LogP contribution is -2.25. The minimum atomic E-state index is -0.361. The van der Waals surface area contributed by atoms with Crippen molar-refractivity contribution in [1.82, 2.24) is 24.8 Å². The standard InChI is InChI=1S/C25H21ClN6O3S/c1-13-6-15(4-5-27-13)24(34)32-11-19-21(12-32)36-25(30-19)31-23(33)18-9-28-14(2)7-16(18)17-8-22(26)29-10-20(17)35-3/h4-10H,11-12H2,1-3H3,(H,30,31,33). The quantitative estimate of drug-likeness (QED) is 0.380. The van der Waals surface area contributed by atoms with Gasteiger partial charge in [0.05, 0.1) is 42.5 Å². The minimum absolute atomic E-state index is 0.0726. The molecule has 0 aromatic carbocycles. The molecule has 0 atom stereocenters. The highest BCUT2D eigenvalue weighted by molar-refractivity contribution is 7.16. The van der Waals surface area contributed by atoms with Gasteiger partial charge in [-0.25, -0.2) is 9.97 Å². The summed E-state index contributed by atoms with van der Waals surface area (Å²) in [5.41, 5.74) is 4.50. The number of amides is 2. The first-order chi connectivity index (χ1) is 17.3. The molecule has 36 heavy (non-hydrogen) atoms. The Balaban J connectivity index is 1.36. The number of hydrogen-bond acceptors (Lipinski definition) is 8. The van der Waals surface area contributed by atoms with E-state index in [9.17, 15) is 9.59 Å². The highest BCUT2D eigenvalue weighted by Gasteiger charge is 2.29. The molecule has 11 heteroatoms. The predicted octanol–water partition coefficient (Wildman–Crippen LogP) is 4.68. The van der Waals surface area contributed by atoms with Crippen molar-refractivity contribution >= 4 is 39.9 Å². The molecular weight excluding hydrogens is 500 g/mol. The molecule has 0 bridgehead atoms. The lowest BCUT2D eigenvalue weighted by Gasteiger charge is -2.15. The first-order valence-electron chi connectivity index (χ1n) is 11.0. The molecule has 2 amide bonds. The summed E-state index contributed by atoms with van der Waals surface area (Å²) in [6.07, 6.45) is 4.66. The van der Waals surface area contributed by atoms with Crippen molar-refractivity contribution in [2.75, 3.05) is 12.4 Å². The summed E-state index contributed by atoms with van der Waals surface area (Å²) in [6, 6.07) is 6.93. The zero-order valence-electron chi connectivity index (χ0n) is 19.7. The van der Waals surface area contributed by atoms with Crippen molar-refractivity contribution in [2.24, 2.45) is 0 Å². The van der Waals surface area contributed by atoms with Gasteiger partial charge in [0.1, 0.15) is 10.9 Å². The van der Waals surface area contributed by atoms with Crippen LogP contribution in [0, 0.1) is 13.8 Å². The molecule has 0 saturated heterocycles. The molecule has 1 aliphatic heterocycles. The second-order valence-corrected chi connectivity index (χ2v) is 9.74. The summed E-state index contributed by atoms with van der Waals surface area (Å²) < 4.78 is 5.44. The van der Waals surface area contributed by atoms with Gasteiger partial charge < -0.3 is 9.64 Å². The average molecular weight is 521 g/mol. The van der Waals surface area contributed by atoms with E-state index in [0.717, 1.165) is 22.0 Å². The van der Waals surface area contributed by atoms with Gasteiger partial charge in [0.15, 0.2) is 5.13 Å². The molecular formula is C25H21ClN6O3S. The number of nitrogens with zero attached hydrogens (tertiary/aromatic N) is 5. The number of carbonyl (C=O) groups excluding carboxylic acids is 2. The van der Waals surface area contributed by atoms with Gasteiger partial charge >= 0.3 is 0 Å². The Morgan fingerprint density at radius 3 is 2.61 bits per heavy atom. The Kier molecular flexibility index (Phi) is 6.38. The normalized spacial score (nSPS) is 12.4. The van der Waals surface area contributed by atoms with Crippen LogP contribution in [0.3, 0.4) is 0 Å². The maximum absolute atomic E-state index is 13.3. The number of anilines is 1. The van der Waals surface area contributed by atoms with Crippen molar-refractivity contribution in [3.05, 3.63) is 81.1 Å². The molecule has 0 fully saturated rings. The molecule has 0 spiro atoms. The number of carbonyl (C=O) groups is 2. The van der Waals surface area contributed by atoms with E-state index in [1.54, 1.807) is 35.4 Å². The Bertz CT molecular complexity index is 1480. The van der Waals surface area contributed by atoms with Gasteiger partial charge in [-0.3, -0.25) is 24.9 Å². The topological polar surface area (TPSA) is 110 Å². The molecule has 5 rings (SSSR count). The highest BCUT2D eigenvalue weighted by Crippen LogP contribution is 2.35. The molecule has 4 aromatic rings. The molecule has 5 heterocycles. The van der Waals surface area contributed by atoms with Crippen molar-refractivity contribution in [1.29, 1.82) is 0 Å². The van der Waals surface area contributed by atoms with Crippen LogP contribution in [0.1, 0.15) is 42.7 Å². The SMILES string of the molecule is COc1cnc(Cl)cc1-c1cc(C)ncc1C(=O)Nc1nc2c(s1)CN(C(=O)c1ccnc(C)c1)C2. The first kappa shape index (κ1) is 23.8. The fourth-order valence-corrected chi connectivity index (χ4v) is 5.16. The number of rotatable bonds is 5. The largest absolute Gasteiger partial charge is 0.494 e. The zero-order chi connectivity index (χ0) is 25.4. The summed E-state index contributed by atoms with van der Waals surface area (Å²) >= 11 is 7.48. The third-order valence-electron chi connectivity index (χ3n) is 5.73. The number of thiazole rings is 1. The summed E-state index contributed by atoms with van der Waals surface area (Å²) in [6.45, 7) is 4.51. The number of ether oxygens (including phenoxy) is 1. The van der Waals surface area contributed by atoms with E-state index < -0.39 is 0 Å². The highest BCUT2D eigenvalue weighted by atomic mass is 35.5. The minimum Gasteiger partial charge on any atom is -0.494 e. The zero-order valence-corrected chi connectivity index (χ0v) is 21.3. The lowest BCUT2D eigenvalue weighted by atomic mass is 10.0. The van der Waals surface area contributed by atoms with Gasteiger partial charge in [0, 0.05) is 40.5 Å². The van der Waals surface area contributed by atoms with Crippen LogP contribution in [0.2, 0.25) is 5.15 Å². The monoisotopic (exact) mass is 520 g/mol. The maximum Gasteiger partial charge on any atom is 0.259 e. The lowest BCUT2D eigenvalue weighted by molar-refractivity contribution is 0.0750. The van der Waals surface area contributed by atoms with Crippen LogP contribution < -0.4 is 10.1 Å². The van der Waals surface area contributed by atoms with Gasteiger partial charge in [-0.1, -0.05) is 22.9 Å². The Morgan fingerprint density at radius 1 is 1.06 bits per heavy atom. The Labute approximate surface area is 216 Å². The number of pyridine rings is 3. The van der Waals surface area contributed by atoms with Crippen LogP contribution in [-0.2, 0) is 13.1 Å². The number of nitrogens with one attached hydrogen (secondary N) is 1. The molecule has 1 N–H and O–H groups in total. The van der Waals surface area contributed by atoms with Crippen LogP contribution in [0.5, 0.6) is 5.75 Å². The van der Waals surface area contributed by atoms with Crippen LogP contribution in [-0.4, -0.2) is 43.8 Å². The number of methoxy groups -OCH3 is 1. The molecule has 182 valence electrons. The van der Waals surface area contributed by atoms with Crippen LogP contribution in [0.4, 0.5) is 5.13 Å². The smallest absolute Gasteiger partial charge is 0.259 e. The summed E-state index contributed by atoms with van der Waals surface area (Å²) in [5, 5.41) is 3.62.